The Labute approximate surface area is 108 Å². The van der Waals surface area contributed by atoms with Crippen LogP contribution >= 0.6 is 11.6 Å². The highest BCUT2D eigenvalue weighted by Gasteiger charge is 2.14. The summed E-state index contributed by atoms with van der Waals surface area (Å²) in [5, 5.41) is 0.511. The predicted molar refractivity (Wildman–Crippen MR) is 76.1 cm³/mol. The van der Waals surface area contributed by atoms with Gasteiger partial charge >= 0.3 is 0 Å². The summed E-state index contributed by atoms with van der Waals surface area (Å²) in [6.07, 6.45) is 0. The molecule has 0 radical (unpaired) electrons. The number of nitrogens with zero attached hydrogens (tertiary/aromatic N) is 1. The molecule has 0 atom stereocenters. The zero-order valence-electron chi connectivity index (χ0n) is 10.2. The molecule has 0 saturated heterocycles. The molecular formula is C14H14ClNSi. The lowest BCUT2D eigenvalue weighted by Gasteiger charge is -2.03. The van der Waals surface area contributed by atoms with Crippen LogP contribution in [0.15, 0.2) is 30.3 Å². The summed E-state index contributed by atoms with van der Waals surface area (Å²) < 4.78 is 0. The number of hydrogen-bond acceptors (Lipinski definition) is 1. The van der Waals surface area contributed by atoms with E-state index in [0.717, 1.165) is 16.8 Å². The summed E-state index contributed by atoms with van der Waals surface area (Å²) in [7, 11) is -1.39. The summed E-state index contributed by atoms with van der Waals surface area (Å²) in [6.45, 7) is 6.64. The van der Waals surface area contributed by atoms with Crippen LogP contribution in [0.2, 0.25) is 24.8 Å². The van der Waals surface area contributed by atoms with Crippen LogP contribution in [0, 0.1) is 11.5 Å². The van der Waals surface area contributed by atoms with Crippen molar-refractivity contribution in [2.24, 2.45) is 0 Å². The van der Waals surface area contributed by atoms with Crippen LogP contribution in [0.4, 0.5) is 0 Å². The Bertz CT molecular complexity index is 575. The van der Waals surface area contributed by atoms with Crippen LogP contribution < -0.4 is 0 Å². The van der Waals surface area contributed by atoms with Crippen LogP contribution in [0.25, 0.3) is 11.3 Å². The van der Waals surface area contributed by atoms with E-state index in [-0.39, 0.29) is 0 Å². The maximum atomic E-state index is 6.14. The molecule has 2 rings (SSSR count). The molecule has 0 fully saturated rings. The average molecular weight is 260 g/mol. The molecular weight excluding hydrogens is 246 g/mol. The Morgan fingerprint density at radius 2 is 1.82 bits per heavy atom. The van der Waals surface area contributed by atoms with E-state index in [2.05, 4.69) is 36.1 Å². The molecule has 0 aromatic carbocycles. The number of aromatic nitrogens is 1. The summed E-state index contributed by atoms with van der Waals surface area (Å²) in [6, 6.07) is 9.90. The fourth-order valence-corrected chi connectivity index (χ4v) is 2.23. The van der Waals surface area contributed by atoms with Crippen molar-refractivity contribution >= 4 is 19.7 Å². The van der Waals surface area contributed by atoms with Gasteiger partial charge in [-0.3, -0.25) is 0 Å². The average Bonchev–Trinajstić information content (AvgIpc) is 2.39. The fourth-order valence-electron chi connectivity index (χ4n) is 1.49. The maximum absolute atomic E-state index is 6.14. The number of hydrogen-bond donors (Lipinski definition) is 0. The van der Waals surface area contributed by atoms with Gasteiger partial charge in [-0.1, -0.05) is 61.4 Å². The second kappa shape index (κ2) is 4.52. The summed E-state index contributed by atoms with van der Waals surface area (Å²) in [4.78, 5) is 4.33. The molecule has 0 saturated carbocycles. The van der Waals surface area contributed by atoms with Crippen LogP contribution in [0.5, 0.6) is 0 Å². The van der Waals surface area contributed by atoms with Crippen molar-refractivity contribution < 1.29 is 0 Å². The van der Waals surface area contributed by atoms with Gasteiger partial charge in [0, 0.05) is 5.56 Å². The lowest BCUT2D eigenvalue weighted by Crippen LogP contribution is -2.16. The molecule has 0 unspecified atom stereocenters. The maximum Gasteiger partial charge on any atom is 0.146 e. The predicted octanol–water partition coefficient (Wildman–Crippen LogP) is 4.07. The Balaban J connectivity index is 2.57. The van der Waals surface area contributed by atoms with Gasteiger partial charge in [-0.25, -0.2) is 4.98 Å². The number of rotatable bonds is 0. The van der Waals surface area contributed by atoms with Crippen molar-refractivity contribution in [2.45, 2.75) is 19.6 Å². The van der Waals surface area contributed by atoms with E-state index in [4.69, 9.17) is 11.6 Å². The van der Waals surface area contributed by atoms with Crippen molar-refractivity contribution in [3.8, 4) is 22.7 Å². The normalized spacial score (nSPS) is 11.1. The molecule has 3 heteroatoms. The summed E-state index contributed by atoms with van der Waals surface area (Å²) in [5.74, 6) is 3.21. The quantitative estimate of drug-likeness (QED) is 0.513. The smallest absolute Gasteiger partial charge is 0.146 e. The van der Waals surface area contributed by atoms with Gasteiger partial charge in [0.05, 0.1) is 11.3 Å². The van der Waals surface area contributed by atoms with Gasteiger partial charge in [0.2, 0.25) is 0 Å². The van der Waals surface area contributed by atoms with Gasteiger partial charge < -0.3 is 0 Å². The van der Waals surface area contributed by atoms with Crippen LogP contribution in [0.3, 0.4) is 0 Å². The van der Waals surface area contributed by atoms with Gasteiger partial charge in [0.1, 0.15) is 13.2 Å². The minimum Gasteiger partial charge on any atom is -0.235 e. The zero-order valence-corrected chi connectivity index (χ0v) is 12.0. The van der Waals surface area contributed by atoms with E-state index in [1.165, 1.54) is 0 Å². The van der Waals surface area contributed by atoms with Crippen molar-refractivity contribution in [2.75, 3.05) is 0 Å². The number of fused-ring (bicyclic) bond motifs is 1. The minimum absolute atomic E-state index is 0.511. The van der Waals surface area contributed by atoms with E-state index in [9.17, 15) is 0 Å². The SMILES string of the molecule is C[Si](C)(C)C#Cc1c2cccccc-2nc1Cl. The van der Waals surface area contributed by atoms with Crippen LogP contribution in [-0.2, 0) is 0 Å². The first-order chi connectivity index (χ1) is 7.97. The largest absolute Gasteiger partial charge is 0.235 e. The van der Waals surface area contributed by atoms with E-state index in [0.29, 0.717) is 5.15 Å². The van der Waals surface area contributed by atoms with E-state index >= 15 is 0 Å². The molecule has 0 N–H and O–H groups in total. The molecule has 1 aliphatic heterocycles. The fraction of sp³-hybridized carbons (Fsp3) is 0.214. The summed E-state index contributed by atoms with van der Waals surface area (Å²) in [5.41, 5.74) is 6.13. The molecule has 86 valence electrons. The van der Waals surface area contributed by atoms with Gasteiger partial charge in [0.15, 0.2) is 0 Å². The van der Waals surface area contributed by atoms with Gasteiger partial charge in [0.25, 0.3) is 0 Å². The second-order valence-electron chi connectivity index (χ2n) is 4.99. The van der Waals surface area contributed by atoms with Gasteiger partial charge in [-0.2, -0.15) is 0 Å². The summed E-state index contributed by atoms with van der Waals surface area (Å²) >= 11 is 6.14. The van der Waals surface area contributed by atoms with E-state index in [1.54, 1.807) is 0 Å². The second-order valence-corrected chi connectivity index (χ2v) is 10.1. The lowest BCUT2D eigenvalue weighted by molar-refractivity contribution is 1.41. The topological polar surface area (TPSA) is 12.9 Å². The molecule has 2 aliphatic rings. The highest BCUT2D eigenvalue weighted by atomic mass is 35.5. The highest BCUT2D eigenvalue weighted by Crippen LogP contribution is 2.29. The van der Waals surface area contributed by atoms with Crippen molar-refractivity contribution in [1.82, 2.24) is 4.98 Å². The van der Waals surface area contributed by atoms with E-state index < -0.39 is 8.07 Å². The van der Waals surface area contributed by atoms with Crippen molar-refractivity contribution in [1.29, 1.82) is 0 Å². The molecule has 0 amide bonds. The Kier molecular flexibility index (Phi) is 3.23. The first-order valence-electron chi connectivity index (χ1n) is 5.55. The molecule has 17 heavy (non-hydrogen) atoms. The van der Waals surface area contributed by atoms with Gasteiger partial charge in [-0.05, 0) is 6.07 Å². The minimum atomic E-state index is -1.39. The monoisotopic (exact) mass is 259 g/mol. The third kappa shape index (κ3) is 2.88. The standard InChI is InChI=1S/C14H14ClNSi/c1-17(2,3)10-9-12-11-7-5-4-6-8-13(11)16-14(12)15/h4-8H,1-3H3. The molecule has 0 spiro atoms. The molecule has 1 heterocycles. The molecule has 0 aromatic heterocycles. The van der Waals surface area contributed by atoms with Crippen molar-refractivity contribution in [3.05, 3.63) is 41.0 Å². The zero-order chi connectivity index (χ0) is 12.5. The molecule has 0 aromatic rings. The number of halogens is 1. The van der Waals surface area contributed by atoms with Crippen molar-refractivity contribution in [3.63, 3.8) is 0 Å². The first-order valence-corrected chi connectivity index (χ1v) is 9.42. The third-order valence-corrected chi connectivity index (χ3v) is 3.42. The third-order valence-electron chi connectivity index (χ3n) is 2.27. The Morgan fingerprint density at radius 1 is 1.12 bits per heavy atom. The molecule has 1 aliphatic carbocycles. The Hall–Kier alpha value is -1.30. The van der Waals surface area contributed by atoms with Gasteiger partial charge in [-0.15, -0.1) is 5.54 Å². The highest BCUT2D eigenvalue weighted by molar-refractivity contribution is 6.83. The Morgan fingerprint density at radius 3 is 2.53 bits per heavy atom. The first kappa shape index (κ1) is 12.2. The van der Waals surface area contributed by atoms with E-state index in [1.807, 2.05) is 30.3 Å². The lowest BCUT2D eigenvalue weighted by atomic mass is 10.1. The molecule has 1 nitrogen and oxygen atoms in total. The molecule has 0 bridgehead atoms. The van der Waals surface area contributed by atoms with Crippen LogP contribution in [-0.4, -0.2) is 13.1 Å². The van der Waals surface area contributed by atoms with Crippen LogP contribution in [0.1, 0.15) is 5.56 Å².